The summed E-state index contributed by atoms with van der Waals surface area (Å²) in [6.07, 6.45) is 0. The molecule has 6 heteroatoms. The van der Waals surface area contributed by atoms with Gasteiger partial charge in [0.1, 0.15) is 0 Å². The Morgan fingerprint density at radius 3 is 0.571 bits per heavy atom. The van der Waals surface area contributed by atoms with E-state index in [1.54, 1.807) is 27.7 Å². The predicted octanol–water partition coefficient (Wildman–Crippen LogP) is -3.45. The van der Waals surface area contributed by atoms with Gasteiger partial charge in [0.25, 0.3) is 0 Å². The molecule has 0 atom stereocenters. The Morgan fingerprint density at radius 2 is 0.571 bits per heavy atom. The van der Waals surface area contributed by atoms with Crippen molar-refractivity contribution in [3.63, 3.8) is 0 Å². The van der Waals surface area contributed by atoms with Crippen LogP contribution in [0.1, 0.15) is 27.7 Å². The minimum Gasteiger partial charge on any atom is -0.855 e. The molecule has 0 unspecified atom stereocenters. The van der Waals surface area contributed by atoms with Crippen molar-refractivity contribution >= 4 is 23.1 Å². The molecule has 0 amide bonds. The van der Waals surface area contributed by atoms with Gasteiger partial charge in [0, 0.05) is 0 Å². The van der Waals surface area contributed by atoms with Crippen molar-refractivity contribution in [1.82, 2.24) is 0 Å². The Kier molecular flexibility index (Phi) is 226. The van der Waals surface area contributed by atoms with Crippen molar-refractivity contribution in [2.75, 3.05) is 26.4 Å². The summed E-state index contributed by atoms with van der Waals surface area (Å²) in [6, 6.07) is 0. The summed E-state index contributed by atoms with van der Waals surface area (Å²) < 4.78 is 0. The summed E-state index contributed by atoms with van der Waals surface area (Å²) in [5.74, 6) is 0. The molecule has 0 bridgehead atoms. The third-order valence-corrected chi connectivity index (χ3v) is 0. The molecule has 4 nitrogen and oxygen atoms in total. The fraction of sp³-hybridized carbons (Fsp3) is 1.00. The van der Waals surface area contributed by atoms with E-state index in [0.29, 0.717) is 0 Å². The van der Waals surface area contributed by atoms with Crippen LogP contribution in [0.4, 0.5) is 0 Å². The van der Waals surface area contributed by atoms with E-state index in [9.17, 15) is 0 Å². The van der Waals surface area contributed by atoms with Crippen LogP contribution in [0.25, 0.3) is 0 Å². The van der Waals surface area contributed by atoms with Crippen molar-refractivity contribution in [3.8, 4) is 0 Å². The molecule has 0 rings (SSSR count). The molecule has 0 spiro atoms. The van der Waals surface area contributed by atoms with Crippen LogP contribution in [0.3, 0.4) is 0 Å². The van der Waals surface area contributed by atoms with Crippen LogP contribution in [-0.4, -0.2) is 49.5 Å². The third kappa shape index (κ3) is 949. The molecule has 0 aromatic rings. The topological polar surface area (TPSA) is 92.2 Å². The second-order valence-corrected chi connectivity index (χ2v) is 1.15. The monoisotopic (exact) mass is 296 g/mol. The maximum Gasteiger partial charge on any atom is 4.00 e. The SMILES string of the molecule is CC[O-].CC[O-].CC[O-].CC[O-].[MgH2].[Zr+4]. The maximum absolute atomic E-state index is 8.93. The molecule has 0 N–H and O–H groups in total. The van der Waals surface area contributed by atoms with E-state index in [4.69, 9.17) is 20.4 Å². The van der Waals surface area contributed by atoms with Crippen LogP contribution in [0.15, 0.2) is 0 Å². The Bertz CT molecular complexity index is 29.3. The average Bonchev–Trinajstić information content (AvgIpc) is 1.92. The first-order chi connectivity index (χ1) is 5.66. The van der Waals surface area contributed by atoms with Gasteiger partial charge in [0.15, 0.2) is 0 Å². The van der Waals surface area contributed by atoms with Crippen LogP contribution in [0.2, 0.25) is 0 Å². The minimum absolute atomic E-state index is 0. The molecule has 14 heavy (non-hydrogen) atoms. The first kappa shape index (κ1) is 36.1. The van der Waals surface area contributed by atoms with Crippen molar-refractivity contribution in [2.45, 2.75) is 27.7 Å². The number of hydrogen-bond acceptors (Lipinski definition) is 4. The van der Waals surface area contributed by atoms with E-state index < -0.39 is 0 Å². The molecule has 0 radical (unpaired) electrons. The summed E-state index contributed by atoms with van der Waals surface area (Å²) in [7, 11) is 0. The quantitative estimate of drug-likeness (QED) is 0.435. The van der Waals surface area contributed by atoms with Crippen LogP contribution in [0.5, 0.6) is 0 Å². The van der Waals surface area contributed by atoms with Crippen LogP contribution < -0.4 is 20.4 Å². The van der Waals surface area contributed by atoms with Gasteiger partial charge in [-0.15, -0.1) is 26.4 Å². The van der Waals surface area contributed by atoms with Gasteiger partial charge in [0.05, 0.1) is 0 Å². The fourth-order valence-corrected chi connectivity index (χ4v) is 0. The molecule has 0 heterocycles. The second kappa shape index (κ2) is 87.5. The standard InChI is InChI=1S/4C2H5O.Mg.Zr.2H/c4*1-2-3;;;;/h4*2H2,1H3;;;;/q4*-1;;+4;;. The molecule has 0 aromatic heterocycles. The van der Waals surface area contributed by atoms with E-state index in [0.717, 1.165) is 0 Å². The third-order valence-electron chi connectivity index (χ3n) is 0. The van der Waals surface area contributed by atoms with E-state index in [1.165, 1.54) is 0 Å². The molecular weight excluding hydrogens is 276 g/mol. The van der Waals surface area contributed by atoms with Gasteiger partial charge < -0.3 is 20.4 Å². The van der Waals surface area contributed by atoms with Crippen molar-refractivity contribution in [3.05, 3.63) is 0 Å². The van der Waals surface area contributed by atoms with E-state index in [2.05, 4.69) is 0 Å². The molecule has 0 fully saturated rings. The van der Waals surface area contributed by atoms with Crippen LogP contribution in [-0.2, 0) is 26.2 Å². The average molecular weight is 298 g/mol. The van der Waals surface area contributed by atoms with Crippen LogP contribution >= 0.6 is 0 Å². The Morgan fingerprint density at radius 1 is 0.571 bits per heavy atom. The van der Waals surface area contributed by atoms with Crippen molar-refractivity contribution in [1.29, 1.82) is 0 Å². The first-order valence-corrected chi connectivity index (χ1v) is 3.98. The van der Waals surface area contributed by atoms with E-state index >= 15 is 0 Å². The van der Waals surface area contributed by atoms with Crippen molar-refractivity contribution in [2.24, 2.45) is 0 Å². The summed E-state index contributed by atoms with van der Waals surface area (Å²) in [6.45, 7) is 6.28. The molecule has 0 aliphatic carbocycles. The normalized spacial score (nSPS) is 5.14. The summed E-state index contributed by atoms with van der Waals surface area (Å²) in [5.41, 5.74) is 0. The number of hydrogen-bond donors (Lipinski definition) is 0. The van der Waals surface area contributed by atoms with Gasteiger partial charge in [0.2, 0.25) is 0 Å². The second-order valence-electron chi connectivity index (χ2n) is 1.15. The van der Waals surface area contributed by atoms with E-state index in [1.807, 2.05) is 0 Å². The van der Waals surface area contributed by atoms with Gasteiger partial charge in [-0.25, -0.2) is 0 Å². The van der Waals surface area contributed by atoms with Gasteiger partial charge in [-0.2, -0.15) is 0 Å². The summed E-state index contributed by atoms with van der Waals surface area (Å²) in [5, 5.41) is 35.7. The van der Waals surface area contributed by atoms with Crippen LogP contribution in [0, 0.1) is 0 Å². The molecule has 0 aliphatic rings. The first-order valence-electron chi connectivity index (χ1n) is 3.98. The Hall–Kier alpha value is 1.49. The largest absolute Gasteiger partial charge is 4.00 e. The smallest absolute Gasteiger partial charge is 0.855 e. The molecule has 0 aliphatic heterocycles. The molecular formula is C8H22MgO4Zr. The molecule has 0 aromatic carbocycles. The van der Waals surface area contributed by atoms with Gasteiger partial charge in [-0.1, -0.05) is 27.7 Å². The maximum atomic E-state index is 8.93. The zero-order valence-electron chi connectivity index (χ0n) is 8.96. The molecule has 84 valence electrons. The Balaban J connectivity index is -0.0000000145. The van der Waals surface area contributed by atoms with Gasteiger partial charge >= 0.3 is 49.3 Å². The molecule has 0 saturated carbocycles. The Labute approximate surface area is 123 Å². The summed E-state index contributed by atoms with van der Waals surface area (Å²) in [4.78, 5) is 0. The number of rotatable bonds is 0. The molecule has 0 saturated heterocycles. The minimum atomic E-state index is 0. The van der Waals surface area contributed by atoms with Gasteiger partial charge in [-0.3, -0.25) is 0 Å². The predicted molar refractivity (Wildman–Crippen MR) is 50.7 cm³/mol. The van der Waals surface area contributed by atoms with Gasteiger partial charge in [-0.05, 0) is 0 Å². The van der Waals surface area contributed by atoms with E-state index in [-0.39, 0.29) is 75.7 Å². The summed E-state index contributed by atoms with van der Waals surface area (Å²) >= 11 is 0. The zero-order valence-corrected chi connectivity index (χ0v) is 11.4. The fourth-order valence-electron chi connectivity index (χ4n) is 0. The van der Waals surface area contributed by atoms with Crippen molar-refractivity contribution < 1.29 is 46.6 Å². The zero-order chi connectivity index (χ0) is 10.8.